The fraction of sp³-hybridized carbons (Fsp3) is 0.400. The molecule has 0 fully saturated rings. The van der Waals surface area contributed by atoms with Gasteiger partial charge >= 0.3 is 17.2 Å². The highest BCUT2D eigenvalue weighted by molar-refractivity contribution is 6.30. The van der Waals surface area contributed by atoms with E-state index in [4.69, 9.17) is 26.3 Å². The second-order valence-electron chi connectivity index (χ2n) is 5.86. The van der Waals surface area contributed by atoms with Crippen LogP contribution in [-0.4, -0.2) is 52.9 Å². The SMILES string of the molecule is Cc1cc(Cl)cc2c1O[C@H](C(F)(F)F)C(C(=O)OC(CO[N+](=O)[O-])CO[N+](=O)O)=C2. The van der Waals surface area contributed by atoms with Gasteiger partial charge in [-0.05, 0) is 30.7 Å². The molecule has 0 bridgehead atoms. The van der Waals surface area contributed by atoms with E-state index in [-0.39, 0.29) is 16.3 Å². The van der Waals surface area contributed by atoms with Gasteiger partial charge in [0.05, 0.1) is 5.57 Å². The average Bonchev–Trinajstić information content (AvgIpc) is 2.61. The predicted molar refractivity (Wildman–Crippen MR) is 88.8 cm³/mol. The van der Waals surface area contributed by atoms with E-state index in [1.54, 1.807) is 0 Å². The van der Waals surface area contributed by atoms with Crippen molar-refractivity contribution in [3.63, 3.8) is 0 Å². The normalized spacial score (nSPS) is 16.4. The minimum atomic E-state index is -5.02. The van der Waals surface area contributed by atoms with Crippen LogP contribution < -0.4 is 4.74 Å². The van der Waals surface area contributed by atoms with Crippen LogP contribution in [0, 0.1) is 21.9 Å². The first-order valence-electron chi connectivity index (χ1n) is 7.91. The van der Waals surface area contributed by atoms with Crippen molar-refractivity contribution in [1.82, 2.24) is 0 Å². The summed E-state index contributed by atoms with van der Waals surface area (Å²) < 4.78 is 50.2. The van der Waals surface area contributed by atoms with Gasteiger partial charge in [-0.1, -0.05) is 11.6 Å². The van der Waals surface area contributed by atoms with Crippen molar-refractivity contribution in [3.8, 4) is 5.75 Å². The summed E-state index contributed by atoms with van der Waals surface area (Å²) in [5.74, 6) is -1.71. The van der Waals surface area contributed by atoms with Crippen LogP contribution in [0.5, 0.6) is 5.75 Å². The number of halogens is 4. The van der Waals surface area contributed by atoms with Crippen molar-refractivity contribution in [2.45, 2.75) is 25.3 Å². The number of ether oxygens (including phenoxy) is 2. The summed E-state index contributed by atoms with van der Waals surface area (Å²) in [6, 6.07) is 2.64. The standard InChI is InChI=1S/C15H13ClF3N2O9/c1-7-2-9(16)3-8-4-11(13(15(17,18)19)30-12(7)8)14(22)29-10(5-27-20(23)24)6-28-21(25)26/h2-4,10,13H,5-6H2,1H3,(H,23,24)/q+1/t10?,13-/m0/s1. The Morgan fingerprint density at radius 1 is 1.33 bits per heavy atom. The summed E-state index contributed by atoms with van der Waals surface area (Å²) in [4.78, 5) is 41.1. The third-order valence-corrected chi connectivity index (χ3v) is 3.86. The van der Waals surface area contributed by atoms with E-state index in [0.717, 1.165) is 6.08 Å². The lowest BCUT2D eigenvalue weighted by Crippen LogP contribution is -2.42. The molecule has 1 heterocycles. The molecule has 0 aromatic heterocycles. The number of benzene rings is 1. The number of carbonyl (C=O) groups is 1. The first-order chi connectivity index (χ1) is 13.9. The topological polar surface area (TPSA) is 137 Å². The minimum Gasteiger partial charge on any atom is -0.475 e. The number of nitrogens with zero attached hydrogens (tertiary/aromatic N) is 2. The summed E-state index contributed by atoms with van der Waals surface area (Å²) in [5, 5.41) is 16.6. The lowest BCUT2D eigenvalue weighted by Gasteiger charge is -2.29. The molecule has 0 spiro atoms. The van der Waals surface area contributed by atoms with Crippen LogP contribution in [0.2, 0.25) is 5.02 Å². The molecule has 0 saturated carbocycles. The van der Waals surface area contributed by atoms with E-state index < -0.39 is 53.3 Å². The van der Waals surface area contributed by atoms with Crippen LogP contribution in [-0.2, 0) is 19.2 Å². The van der Waals surface area contributed by atoms with Crippen molar-refractivity contribution >= 4 is 23.6 Å². The second-order valence-corrected chi connectivity index (χ2v) is 6.30. The number of alkyl halides is 3. The molecular formula is C15H13ClF3N2O9+. The van der Waals surface area contributed by atoms with E-state index >= 15 is 0 Å². The zero-order chi connectivity index (χ0) is 22.6. The minimum absolute atomic E-state index is 0.0721. The van der Waals surface area contributed by atoms with Crippen LogP contribution in [0.4, 0.5) is 13.2 Å². The Labute approximate surface area is 170 Å². The average molecular weight is 458 g/mol. The van der Waals surface area contributed by atoms with Crippen molar-refractivity contribution in [3.05, 3.63) is 48.9 Å². The molecule has 11 nitrogen and oxygen atoms in total. The van der Waals surface area contributed by atoms with Gasteiger partial charge < -0.3 is 14.3 Å². The van der Waals surface area contributed by atoms with E-state index in [9.17, 15) is 33.0 Å². The Balaban J connectivity index is 2.34. The molecule has 0 aliphatic carbocycles. The van der Waals surface area contributed by atoms with Crippen molar-refractivity contribution in [2.24, 2.45) is 0 Å². The molecular weight excluding hydrogens is 445 g/mol. The monoisotopic (exact) mass is 457 g/mol. The highest BCUT2D eigenvalue weighted by Gasteiger charge is 2.49. The summed E-state index contributed by atoms with van der Waals surface area (Å²) in [6.07, 6.45) is -8.58. The third kappa shape index (κ3) is 5.85. The van der Waals surface area contributed by atoms with Gasteiger partial charge in [0.25, 0.3) is 5.09 Å². The van der Waals surface area contributed by atoms with Crippen LogP contribution in [0.1, 0.15) is 11.1 Å². The van der Waals surface area contributed by atoms with Crippen LogP contribution in [0.3, 0.4) is 0 Å². The number of hydrogen-bond donors (Lipinski definition) is 1. The first kappa shape index (κ1) is 23.0. The van der Waals surface area contributed by atoms with Gasteiger partial charge in [-0.15, -0.1) is 10.1 Å². The molecule has 1 aliphatic rings. The highest BCUT2D eigenvalue weighted by atomic mass is 35.5. The highest BCUT2D eigenvalue weighted by Crippen LogP contribution is 2.40. The van der Waals surface area contributed by atoms with Gasteiger partial charge in [0, 0.05) is 10.6 Å². The Morgan fingerprint density at radius 2 is 1.97 bits per heavy atom. The molecule has 1 N–H and O–H groups in total. The Morgan fingerprint density at radius 3 is 2.53 bits per heavy atom. The Hall–Kier alpha value is -3.29. The van der Waals surface area contributed by atoms with E-state index in [2.05, 4.69) is 9.68 Å². The van der Waals surface area contributed by atoms with E-state index in [1.807, 2.05) is 0 Å². The van der Waals surface area contributed by atoms with Gasteiger partial charge in [0.2, 0.25) is 12.7 Å². The van der Waals surface area contributed by atoms with E-state index in [1.165, 1.54) is 19.1 Å². The zero-order valence-electron chi connectivity index (χ0n) is 14.9. The molecule has 0 amide bonds. The molecule has 1 aliphatic heterocycles. The second kappa shape index (κ2) is 9.02. The van der Waals surface area contributed by atoms with Gasteiger partial charge in [0.1, 0.15) is 17.3 Å². The van der Waals surface area contributed by atoms with Crippen LogP contribution in [0.15, 0.2) is 17.7 Å². The molecule has 15 heteroatoms. The number of carbonyl (C=O) groups excluding carboxylic acids is 1. The van der Waals surface area contributed by atoms with Crippen molar-refractivity contribution in [1.29, 1.82) is 0 Å². The zero-order valence-corrected chi connectivity index (χ0v) is 15.7. The fourth-order valence-electron chi connectivity index (χ4n) is 2.48. The quantitative estimate of drug-likeness (QED) is 0.354. The number of rotatable bonds is 8. The van der Waals surface area contributed by atoms with E-state index in [0.29, 0.717) is 5.56 Å². The summed E-state index contributed by atoms with van der Waals surface area (Å²) in [6.45, 7) is -0.480. The molecule has 0 saturated heterocycles. The molecule has 1 aromatic carbocycles. The largest absolute Gasteiger partial charge is 0.475 e. The smallest absolute Gasteiger partial charge is 0.475 e. The van der Waals surface area contributed by atoms with Crippen molar-refractivity contribution < 1.29 is 52.5 Å². The van der Waals surface area contributed by atoms with Gasteiger partial charge in [0.15, 0.2) is 6.10 Å². The summed E-state index contributed by atoms with van der Waals surface area (Å²) in [7, 11) is 0. The number of fused-ring (bicyclic) bond motifs is 1. The Bertz CT molecular complexity index is 873. The van der Waals surface area contributed by atoms with Gasteiger partial charge in [-0.3, -0.25) is 0 Å². The molecule has 2 rings (SSSR count). The lowest BCUT2D eigenvalue weighted by molar-refractivity contribution is -0.976. The molecule has 1 aromatic rings. The molecule has 164 valence electrons. The van der Waals surface area contributed by atoms with Crippen LogP contribution >= 0.6 is 11.6 Å². The number of hydrogen-bond acceptors (Lipinski definition) is 8. The molecule has 2 atom stereocenters. The molecule has 30 heavy (non-hydrogen) atoms. The van der Waals surface area contributed by atoms with Crippen molar-refractivity contribution in [2.75, 3.05) is 13.2 Å². The maximum atomic E-state index is 13.5. The van der Waals surface area contributed by atoms with Crippen LogP contribution in [0.25, 0.3) is 6.08 Å². The molecule has 0 radical (unpaired) electrons. The summed E-state index contributed by atoms with van der Waals surface area (Å²) in [5.41, 5.74) is -0.617. The first-order valence-corrected chi connectivity index (χ1v) is 8.28. The number of aryl methyl sites for hydroxylation is 1. The lowest BCUT2D eigenvalue weighted by atomic mass is 9.99. The molecule has 1 unspecified atom stereocenters. The van der Waals surface area contributed by atoms with Gasteiger partial charge in [-0.25, -0.2) is 10.0 Å². The van der Waals surface area contributed by atoms with Gasteiger partial charge in [-0.2, -0.15) is 18.0 Å². The number of esters is 1. The predicted octanol–water partition coefficient (Wildman–Crippen LogP) is 2.57. The maximum Gasteiger partial charge on any atom is 0.475 e. The Kier molecular flexibility index (Phi) is 6.92. The summed E-state index contributed by atoms with van der Waals surface area (Å²) >= 11 is 5.88. The fourth-order valence-corrected chi connectivity index (χ4v) is 2.77. The third-order valence-electron chi connectivity index (χ3n) is 3.64. The maximum absolute atomic E-state index is 13.5.